The summed E-state index contributed by atoms with van der Waals surface area (Å²) in [5, 5.41) is 20.7. The van der Waals surface area contributed by atoms with E-state index in [9.17, 15) is 14.7 Å². The monoisotopic (exact) mass is 506 g/mol. The van der Waals surface area contributed by atoms with E-state index in [0.717, 1.165) is 48.3 Å². The van der Waals surface area contributed by atoms with Crippen molar-refractivity contribution < 1.29 is 19.4 Å². The fourth-order valence-corrected chi connectivity index (χ4v) is 4.91. The molecule has 3 aromatic rings. The number of anilines is 2. The molecule has 1 saturated carbocycles. The third-order valence-electron chi connectivity index (χ3n) is 7.14. The maximum atomic E-state index is 12.1. The van der Waals surface area contributed by atoms with Gasteiger partial charge in [0.1, 0.15) is 5.82 Å². The lowest BCUT2D eigenvalue weighted by Crippen LogP contribution is -2.38. The van der Waals surface area contributed by atoms with Gasteiger partial charge in [0.05, 0.1) is 30.8 Å². The number of nitrogens with one attached hydrogen (secondary N) is 2. The summed E-state index contributed by atoms with van der Waals surface area (Å²) in [5.41, 5.74) is 2.27. The number of aromatic nitrogens is 4. The number of hydrogen-bond acceptors (Lipinski definition) is 7. The highest BCUT2D eigenvalue weighted by Gasteiger charge is 2.28. The highest BCUT2D eigenvalue weighted by molar-refractivity contribution is 5.91. The predicted octanol–water partition coefficient (Wildman–Crippen LogP) is 2.93. The van der Waals surface area contributed by atoms with Crippen molar-refractivity contribution in [1.82, 2.24) is 30.0 Å². The highest BCUT2D eigenvalue weighted by Crippen LogP contribution is 2.32. The summed E-state index contributed by atoms with van der Waals surface area (Å²) >= 11 is 0. The maximum absolute atomic E-state index is 12.1. The normalized spacial score (nSPS) is 18.7. The standard InChI is InChI=1S/C25H30N8O4/c34-24(28-18-5-6-18)27-17-3-1-16(2-4-17)21-29-22(31-11-13-37-14-12-31)20-15-26-33(23(20)30-21)19-7-9-32(10-8-19)25(35)36/h1-4,15,18-19H,5-14H2,(H,35,36)(H2,27,28,34). The van der Waals surface area contributed by atoms with E-state index in [1.807, 2.05) is 35.1 Å². The average Bonchev–Trinajstić information content (AvgIpc) is 3.63. The Morgan fingerprint density at radius 2 is 1.70 bits per heavy atom. The molecule has 2 aliphatic heterocycles. The first-order valence-electron chi connectivity index (χ1n) is 12.8. The summed E-state index contributed by atoms with van der Waals surface area (Å²) < 4.78 is 7.48. The van der Waals surface area contributed by atoms with E-state index in [1.165, 1.54) is 4.90 Å². The van der Waals surface area contributed by atoms with Crippen LogP contribution in [0.15, 0.2) is 30.5 Å². The number of carboxylic acid groups (broad SMARTS) is 1. The zero-order chi connectivity index (χ0) is 25.4. The molecule has 37 heavy (non-hydrogen) atoms. The summed E-state index contributed by atoms with van der Waals surface area (Å²) in [6, 6.07) is 7.67. The lowest BCUT2D eigenvalue weighted by molar-refractivity contribution is 0.122. The van der Waals surface area contributed by atoms with Gasteiger partial charge in [-0.2, -0.15) is 5.10 Å². The van der Waals surface area contributed by atoms with Crippen LogP contribution >= 0.6 is 0 Å². The van der Waals surface area contributed by atoms with E-state index in [-0.39, 0.29) is 12.1 Å². The summed E-state index contributed by atoms with van der Waals surface area (Å²) in [6.45, 7) is 3.66. The number of hydrogen-bond donors (Lipinski definition) is 3. The number of urea groups is 1. The van der Waals surface area contributed by atoms with Gasteiger partial charge in [0.2, 0.25) is 0 Å². The van der Waals surface area contributed by atoms with E-state index in [0.29, 0.717) is 56.7 Å². The Hall–Kier alpha value is -3.93. The molecule has 3 N–H and O–H groups in total. The molecule has 6 rings (SSSR count). The van der Waals surface area contributed by atoms with Gasteiger partial charge < -0.3 is 30.3 Å². The van der Waals surface area contributed by atoms with Crippen molar-refractivity contribution in [3.63, 3.8) is 0 Å². The van der Waals surface area contributed by atoms with Crippen molar-refractivity contribution >= 4 is 34.7 Å². The van der Waals surface area contributed by atoms with Gasteiger partial charge in [-0.25, -0.2) is 24.2 Å². The Morgan fingerprint density at radius 3 is 2.38 bits per heavy atom. The SMILES string of the molecule is O=C(Nc1ccc(-c2nc(N3CCOCC3)c3cnn(C4CCN(C(=O)O)CC4)c3n2)cc1)NC1CC1. The first-order valence-corrected chi connectivity index (χ1v) is 12.8. The molecular formula is C25H30N8O4. The number of nitrogens with zero attached hydrogens (tertiary/aromatic N) is 6. The second kappa shape index (κ2) is 9.85. The van der Waals surface area contributed by atoms with Crippen LogP contribution in [0.25, 0.3) is 22.4 Å². The lowest BCUT2D eigenvalue weighted by atomic mass is 10.1. The van der Waals surface area contributed by atoms with Gasteiger partial charge in [0.15, 0.2) is 11.5 Å². The smallest absolute Gasteiger partial charge is 0.407 e. The predicted molar refractivity (Wildman–Crippen MR) is 137 cm³/mol. The maximum Gasteiger partial charge on any atom is 0.407 e. The number of likely N-dealkylation sites (tertiary alicyclic amines) is 1. The minimum atomic E-state index is -0.883. The molecule has 0 atom stereocenters. The van der Waals surface area contributed by atoms with E-state index < -0.39 is 6.09 Å². The molecule has 3 amide bonds. The van der Waals surface area contributed by atoms with Crippen LogP contribution in [-0.4, -0.2) is 87.3 Å². The van der Waals surface area contributed by atoms with Crippen molar-refractivity contribution in [2.75, 3.05) is 49.6 Å². The first-order chi connectivity index (χ1) is 18.0. The lowest BCUT2D eigenvalue weighted by Gasteiger charge is -2.30. The number of fused-ring (bicyclic) bond motifs is 1. The molecule has 3 fully saturated rings. The molecule has 1 aromatic carbocycles. The number of carbonyl (C=O) groups is 2. The summed E-state index contributed by atoms with van der Waals surface area (Å²) in [7, 11) is 0. The summed E-state index contributed by atoms with van der Waals surface area (Å²) in [4.78, 5) is 37.0. The molecule has 12 nitrogen and oxygen atoms in total. The molecule has 194 valence electrons. The zero-order valence-corrected chi connectivity index (χ0v) is 20.5. The Bertz CT molecular complexity index is 1290. The molecule has 0 unspecified atom stereocenters. The van der Waals surface area contributed by atoms with Crippen LogP contribution in [0.2, 0.25) is 0 Å². The van der Waals surface area contributed by atoms with Gasteiger partial charge in [-0.3, -0.25) is 0 Å². The fourth-order valence-electron chi connectivity index (χ4n) is 4.91. The number of morpholine rings is 1. The van der Waals surface area contributed by atoms with Crippen molar-refractivity contribution in [3.8, 4) is 11.4 Å². The largest absolute Gasteiger partial charge is 0.465 e. The van der Waals surface area contributed by atoms with E-state index in [4.69, 9.17) is 19.8 Å². The number of amides is 3. The summed E-state index contributed by atoms with van der Waals surface area (Å²) in [6.07, 6.45) is 4.36. The minimum absolute atomic E-state index is 0.0601. The molecule has 2 saturated heterocycles. The average molecular weight is 507 g/mol. The van der Waals surface area contributed by atoms with Crippen LogP contribution in [0.5, 0.6) is 0 Å². The Balaban J connectivity index is 1.31. The molecule has 0 radical (unpaired) electrons. The third-order valence-corrected chi connectivity index (χ3v) is 7.14. The molecular weight excluding hydrogens is 476 g/mol. The number of carbonyl (C=O) groups excluding carboxylic acids is 1. The minimum Gasteiger partial charge on any atom is -0.465 e. The Kier molecular flexibility index (Phi) is 6.25. The number of piperidine rings is 1. The Labute approximate surface area is 213 Å². The number of ether oxygens (including phenoxy) is 1. The third kappa shape index (κ3) is 5.01. The quantitative estimate of drug-likeness (QED) is 0.480. The van der Waals surface area contributed by atoms with Crippen molar-refractivity contribution in [3.05, 3.63) is 30.5 Å². The van der Waals surface area contributed by atoms with Crippen molar-refractivity contribution in [2.24, 2.45) is 0 Å². The molecule has 0 bridgehead atoms. The second-order valence-corrected chi connectivity index (χ2v) is 9.75. The molecule has 4 heterocycles. The molecule has 0 spiro atoms. The van der Waals surface area contributed by atoms with Gasteiger partial charge in [0, 0.05) is 43.5 Å². The van der Waals surface area contributed by atoms with Gasteiger partial charge in [0.25, 0.3) is 0 Å². The molecule has 12 heteroatoms. The number of rotatable bonds is 5. The number of benzene rings is 1. The summed E-state index contributed by atoms with van der Waals surface area (Å²) in [5.74, 6) is 1.40. The van der Waals surface area contributed by atoms with Crippen LogP contribution in [0.1, 0.15) is 31.7 Å². The van der Waals surface area contributed by atoms with Gasteiger partial charge in [-0.05, 0) is 49.9 Å². The van der Waals surface area contributed by atoms with Gasteiger partial charge >= 0.3 is 12.1 Å². The van der Waals surface area contributed by atoms with Gasteiger partial charge in [-0.15, -0.1) is 0 Å². The van der Waals surface area contributed by atoms with Crippen LogP contribution in [0.3, 0.4) is 0 Å². The van der Waals surface area contributed by atoms with Gasteiger partial charge in [-0.1, -0.05) is 0 Å². The zero-order valence-electron chi connectivity index (χ0n) is 20.5. The Morgan fingerprint density at radius 1 is 0.973 bits per heavy atom. The van der Waals surface area contributed by atoms with Crippen LogP contribution in [0, 0.1) is 0 Å². The fraction of sp³-hybridized carbons (Fsp3) is 0.480. The van der Waals surface area contributed by atoms with Crippen LogP contribution in [-0.2, 0) is 4.74 Å². The van der Waals surface area contributed by atoms with Crippen molar-refractivity contribution in [2.45, 2.75) is 37.8 Å². The van der Waals surface area contributed by atoms with Crippen molar-refractivity contribution in [1.29, 1.82) is 0 Å². The van der Waals surface area contributed by atoms with E-state index >= 15 is 0 Å². The molecule has 2 aromatic heterocycles. The van der Waals surface area contributed by atoms with Crippen LogP contribution < -0.4 is 15.5 Å². The molecule has 1 aliphatic carbocycles. The second-order valence-electron chi connectivity index (χ2n) is 9.75. The molecule has 3 aliphatic rings. The first kappa shape index (κ1) is 23.5. The van der Waals surface area contributed by atoms with Crippen LogP contribution in [0.4, 0.5) is 21.1 Å². The topological polar surface area (TPSA) is 138 Å². The highest BCUT2D eigenvalue weighted by atomic mass is 16.5. The van der Waals surface area contributed by atoms with E-state index in [1.54, 1.807) is 0 Å². The van der Waals surface area contributed by atoms with E-state index in [2.05, 4.69) is 15.5 Å².